The van der Waals surface area contributed by atoms with Crippen molar-refractivity contribution < 1.29 is 13.6 Å². The summed E-state index contributed by atoms with van der Waals surface area (Å²) in [6.07, 6.45) is 0. The summed E-state index contributed by atoms with van der Waals surface area (Å²) in [6.45, 7) is 3.69. The van der Waals surface area contributed by atoms with Crippen LogP contribution in [0.25, 0.3) is 0 Å². The zero-order valence-corrected chi connectivity index (χ0v) is 15.6. The molecule has 1 aromatic heterocycles. The van der Waals surface area contributed by atoms with Crippen molar-refractivity contribution in [3.8, 4) is 0 Å². The van der Waals surface area contributed by atoms with Gasteiger partial charge in [0, 0.05) is 11.3 Å². The number of aryl methyl sites for hydroxylation is 1. The monoisotopic (exact) mass is 391 g/mol. The molecule has 0 unspecified atom stereocenters. The van der Waals surface area contributed by atoms with E-state index in [2.05, 4.69) is 15.5 Å². The van der Waals surface area contributed by atoms with Crippen molar-refractivity contribution in [2.45, 2.75) is 23.4 Å². The number of halogens is 2. The summed E-state index contributed by atoms with van der Waals surface area (Å²) < 4.78 is 26.9. The van der Waals surface area contributed by atoms with E-state index < -0.39 is 16.9 Å². The lowest BCUT2D eigenvalue weighted by Crippen LogP contribution is -2.13. The molecule has 0 aliphatic carbocycles. The molecule has 2 aromatic carbocycles. The highest BCUT2D eigenvalue weighted by molar-refractivity contribution is 8.02. The van der Waals surface area contributed by atoms with Gasteiger partial charge in [-0.15, -0.1) is 10.2 Å². The molecular formula is C18H15F2N3OS2. The average Bonchev–Trinajstić information content (AvgIpc) is 3.05. The fourth-order valence-electron chi connectivity index (χ4n) is 2.23. The van der Waals surface area contributed by atoms with E-state index >= 15 is 0 Å². The summed E-state index contributed by atoms with van der Waals surface area (Å²) in [5.74, 6) is -2.30. The number of thioether (sulfide) groups is 1. The van der Waals surface area contributed by atoms with Gasteiger partial charge in [0.25, 0.3) is 0 Å². The zero-order valence-electron chi connectivity index (χ0n) is 14.0. The lowest BCUT2D eigenvalue weighted by Gasteiger charge is -2.08. The third-order valence-electron chi connectivity index (χ3n) is 3.64. The van der Waals surface area contributed by atoms with Gasteiger partial charge in [-0.05, 0) is 43.7 Å². The number of hydrogen-bond donors (Lipinski definition) is 1. The summed E-state index contributed by atoms with van der Waals surface area (Å²) in [5.41, 5.74) is 2.15. The van der Waals surface area contributed by atoms with Crippen molar-refractivity contribution in [2.75, 3.05) is 5.32 Å². The highest BCUT2D eigenvalue weighted by Gasteiger charge is 2.20. The minimum absolute atomic E-state index is 0.131. The number of para-hydroxylation sites is 1. The molecule has 134 valence electrons. The lowest BCUT2D eigenvalue weighted by atomic mass is 10.1. The highest BCUT2D eigenvalue weighted by atomic mass is 32.2. The predicted octanol–water partition coefficient (Wildman–Crippen LogP) is 5.23. The quantitative estimate of drug-likeness (QED) is 0.460. The fourth-order valence-corrected chi connectivity index (χ4v) is 4.21. The van der Waals surface area contributed by atoms with Crippen molar-refractivity contribution in [1.82, 2.24) is 10.2 Å². The number of nitrogens with zero attached hydrogens (tertiary/aromatic N) is 2. The molecule has 3 rings (SSSR count). The van der Waals surface area contributed by atoms with Crippen LogP contribution in [0.15, 0.2) is 46.8 Å². The van der Waals surface area contributed by atoms with Crippen LogP contribution < -0.4 is 5.32 Å². The maximum atomic E-state index is 13.3. The van der Waals surface area contributed by atoms with Gasteiger partial charge in [-0.25, -0.2) is 8.78 Å². The van der Waals surface area contributed by atoms with Gasteiger partial charge in [0.05, 0.1) is 5.25 Å². The first-order valence-corrected chi connectivity index (χ1v) is 9.45. The Morgan fingerprint density at radius 1 is 1.15 bits per heavy atom. The minimum atomic E-state index is -1.03. The average molecular weight is 391 g/mol. The summed E-state index contributed by atoms with van der Waals surface area (Å²) in [6, 6.07) is 11.0. The second-order valence-electron chi connectivity index (χ2n) is 5.57. The van der Waals surface area contributed by atoms with Crippen molar-refractivity contribution in [3.05, 3.63) is 65.2 Å². The summed E-state index contributed by atoms with van der Waals surface area (Å²) >= 11 is 2.56. The van der Waals surface area contributed by atoms with E-state index in [-0.39, 0.29) is 11.3 Å². The maximum absolute atomic E-state index is 13.3. The van der Waals surface area contributed by atoms with E-state index in [9.17, 15) is 13.6 Å². The molecule has 0 fully saturated rings. The van der Waals surface area contributed by atoms with E-state index in [1.165, 1.54) is 29.2 Å². The third kappa shape index (κ3) is 4.25. The molecule has 0 amide bonds. The number of benzene rings is 2. The number of hydrogen-bond acceptors (Lipinski definition) is 6. The topological polar surface area (TPSA) is 54.9 Å². The lowest BCUT2D eigenvalue weighted by molar-refractivity contribution is 0.0993. The molecule has 0 radical (unpaired) electrons. The number of anilines is 2. The summed E-state index contributed by atoms with van der Waals surface area (Å²) in [5, 5.41) is 11.5. The van der Waals surface area contributed by atoms with Crippen LogP contribution in [-0.4, -0.2) is 21.2 Å². The summed E-state index contributed by atoms with van der Waals surface area (Å²) in [7, 11) is 0. The zero-order chi connectivity index (χ0) is 18.7. The molecule has 1 atom stereocenters. The standard InChI is InChI=1S/C18H15F2N3OS2/c1-10-5-3-4-6-15(10)21-17-22-23-18(26-17)25-11(2)16(24)12-7-8-13(19)14(20)9-12/h3-9,11H,1-2H3,(H,21,22)/t11-/m1/s1. The Bertz CT molecular complexity index is 946. The van der Waals surface area contributed by atoms with Crippen molar-refractivity contribution >= 4 is 39.7 Å². The second kappa shape index (κ2) is 7.92. The normalized spacial score (nSPS) is 12.0. The van der Waals surface area contributed by atoms with Crippen LogP contribution in [0.4, 0.5) is 19.6 Å². The fraction of sp³-hybridized carbons (Fsp3) is 0.167. The largest absolute Gasteiger partial charge is 0.330 e. The first-order valence-electron chi connectivity index (χ1n) is 7.76. The van der Waals surface area contributed by atoms with Crippen molar-refractivity contribution in [3.63, 3.8) is 0 Å². The maximum Gasteiger partial charge on any atom is 0.210 e. The van der Waals surface area contributed by atoms with Gasteiger partial charge in [0.2, 0.25) is 5.13 Å². The van der Waals surface area contributed by atoms with E-state index in [0.717, 1.165) is 23.4 Å². The van der Waals surface area contributed by atoms with Crippen LogP contribution in [0.2, 0.25) is 0 Å². The summed E-state index contributed by atoms with van der Waals surface area (Å²) in [4.78, 5) is 12.4. The van der Waals surface area contributed by atoms with Crippen LogP contribution in [0, 0.1) is 18.6 Å². The molecule has 1 heterocycles. The Labute approximate surface area is 157 Å². The van der Waals surface area contributed by atoms with Crippen LogP contribution in [0.1, 0.15) is 22.8 Å². The van der Waals surface area contributed by atoms with Crippen LogP contribution in [0.3, 0.4) is 0 Å². The van der Waals surface area contributed by atoms with Gasteiger partial charge in [0.1, 0.15) is 0 Å². The van der Waals surface area contributed by atoms with Gasteiger partial charge in [-0.1, -0.05) is 41.3 Å². The number of nitrogens with one attached hydrogen (secondary N) is 1. The number of ketones is 1. The Morgan fingerprint density at radius 2 is 1.92 bits per heavy atom. The first kappa shape index (κ1) is 18.5. The Kier molecular flexibility index (Phi) is 5.63. The molecule has 0 saturated heterocycles. The van der Waals surface area contributed by atoms with Gasteiger partial charge < -0.3 is 5.32 Å². The Balaban J connectivity index is 1.67. The molecule has 0 spiro atoms. The molecule has 1 N–H and O–H groups in total. The van der Waals surface area contributed by atoms with Crippen LogP contribution in [0.5, 0.6) is 0 Å². The van der Waals surface area contributed by atoms with E-state index in [4.69, 9.17) is 0 Å². The number of Topliss-reactive ketones (excluding diaryl/α,β-unsaturated/α-hetero) is 1. The van der Waals surface area contributed by atoms with Gasteiger partial charge in [-0.2, -0.15) is 0 Å². The minimum Gasteiger partial charge on any atom is -0.330 e. The van der Waals surface area contributed by atoms with Crippen LogP contribution >= 0.6 is 23.1 Å². The number of carbonyl (C=O) groups excluding carboxylic acids is 1. The van der Waals surface area contributed by atoms with E-state index in [1.54, 1.807) is 6.92 Å². The second-order valence-corrected chi connectivity index (χ2v) is 8.13. The number of aromatic nitrogens is 2. The molecule has 3 aromatic rings. The molecule has 0 saturated carbocycles. The highest BCUT2D eigenvalue weighted by Crippen LogP contribution is 2.32. The smallest absolute Gasteiger partial charge is 0.210 e. The van der Waals surface area contributed by atoms with Gasteiger partial charge >= 0.3 is 0 Å². The molecular weight excluding hydrogens is 376 g/mol. The SMILES string of the molecule is Cc1ccccc1Nc1nnc(S[C@H](C)C(=O)c2ccc(F)c(F)c2)s1. The molecule has 0 aliphatic heterocycles. The molecule has 0 aliphatic rings. The van der Waals surface area contributed by atoms with Crippen molar-refractivity contribution in [2.24, 2.45) is 0 Å². The van der Waals surface area contributed by atoms with Crippen LogP contribution in [-0.2, 0) is 0 Å². The molecule has 8 heteroatoms. The molecule has 0 bridgehead atoms. The van der Waals surface area contributed by atoms with Gasteiger partial charge in [-0.3, -0.25) is 4.79 Å². The third-order valence-corrected chi connectivity index (χ3v) is 5.67. The molecule has 26 heavy (non-hydrogen) atoms. The Hall–Kier alpha value is -2.32. The van der Waals surface area contributed by atoms with E-state index in [0.29, 0.717) is 9.47 Å². The van der Waals surface area contributed by atoms with Crippen molar-refractivity contribution in [1.29, 1.82) is 0 Å². The first-order chi connectivity index (χ1) is 12.4. The number of rotatable bonds is 6. The predicted molar refractivity (Wildman–Crippen MR) is 100 cm³/mol. The number of carbonyl (C=O) groups is 1. The molecule has 4 nitrogen and oxygen atoms in total. The Morgan fingerprint density at radius 3 is 2.65 bits per heavy atom. The van der Waals surface area contributed by atoms with E-state index in [1.807, 2.05) is 31.2 Å². The van der Waals surface area contributed by atoms with Gasteiger partial charge in [0.15, 0.2) is 21.8 Å².